The summed E-state index contributed by atoms with van der Waals surface area (Å²) in [5, 5.41) is 6.25. The number of nitrogens with zero attached hydrogens (tertiary/aromatic N) is 6. The summed E-state index contributed by atoms with van der Waals surface area (Å²) in [4.78, 5) is 15.9. The Morgan fingerprint density at radius 1 is 1.06 bits per heavy atom. The van der Waals surface area contributed by atoms with Gasteiger partial charge in [-0.25, -0.2) is 0 Å². The number of halogens is 3. The first-order valence-corrected chi connectivity index (χ1v) is 9.98. The van der Waals surface area contributed by atoms with Crippen molar-refractivity contribution >= 4 is 0 Å². The van der Waals surface area contributed by atoms with Gasteiger partial charge in [0.2, 0.25) is 0 Å². The number of ether oxygens (including phenoxy) is 1. The first-order chi connectivity index (χ1) is 15.6. The van der Waals surface area contributed by atoms with Crippen LogP contribution in [0, 0.1) is 19.9 Å². The molecular weight excluding hydrogens is 626 g/mol. The van der Waals surface area contributed by atoms with E-state index in [1.165, 1.54) is 12.3 Å². The molecule has 0 bridgehead atoms. The minimum atomic E-state index is -4.57. The maximum absolute atomic E-state index is 12.1. The van der Waals surface area contributed by atoms with Gasteiger partial charge in [0.15, 0.2) is 0 Å². The topological polar surface area (TPSA) is 87.8 Å². The van der Waals surface area contributed by atoms with E-state index in [0.29, 0.717) is 0 Å². The summed E-state index contributed by atoms with van der Waals surface area (Å²) in [6, 6.07) is 13.7. The summed E-state index contributed by atoms with van der Waals surface area (Å²) in [6.07, 6.45) is -1.20. The van der Waals surface area contributed by atoms with Crippen LogP contribution in [0.3, 0.4) is 0 Å². The van der Waals surface area contributed by atoms with Gasteiger partial charge in [-0.05, 0) is 45.7 Å². The van der Waals surface area contributed by atoms with Crippen LogP contribution in [-0.4, -0.2) is 31.1 Å². The molecular formula is C23H21F3IrN6O-2. The molecule has 34 heavy (non-hydrogen) atoms. The smallest absolute Gasteiger partial charge is 0.429 e. The average molecular weight is 647 g/mol. The zero-order chi connectivity index (χ0) is 24.0. The first kappa shape index (κ1) is 27.1. The van der Waals surface area contributed by atoms with Gasteiger partial charge in [-0.3, -0.25) is 15.1 Å². The van der Waals surface area contributed by atoms with Crippen molar-refractivity contribution in [1.29, 1.82) is 0 Å². The molecule has 3 heterocycles. The van der Waals surface area contributed by atoms with E-state index in [2.05, 4.69) is 36.2 Å². The minimum absolute atomic E-state index is 0. The monoisotopic (exact) mass is 647 g/mol. The Kier molecular flexibility index (Phi) is 9.40. The van der Waals surface area contributed by atoms with Gasteiger partial charge < -0.3 is 19.8 Å². The summed E-state index contributed by atoms with van der Waals surface area (Å²) < 4.78 is 42.1. The molecule has 0 aliphatic heterocycles. The van der Waals surface area contributed by atoms with Crippen molar-refractivity contribution < 1.29 is 38.0 Å². The molecule has 0 amide bonds. The van der Waals surface area contributed by atoms with Crippen LogP contribution >= 0.6 is 0 Å². The second-order valence-electron chi connectivity index (χ2n) is 7.22. The van der Waals surface area contributed by atoms with Gasteiger partial charge >= 0.3 is 6.18 Å². The van der Waals surface area contributed by atoms with Crippen molar-refractivity contribution in [3.63, 3.8) is 0 Å². The quantitative estimate of drug-likeness (QED) is 0.293. The normalized spacial score (nSPS) is 10.8. The number of benzene rings is 1. The number of alkyl halides is 3. The van der Waals surface area contributed by atoms with E-state index < -0.39 is 12.0 Å². The van der Waals surface area contributed by atoms with Gasteiger partial charge in [0.25, 0.3) is 0 Å². The fourth-order valence-corrected chi connectivity index (χ4v) is 2.75. The molecule has 1 radical (unpaired) electrons. The molecule has 0 fully saturated rings. The van der Waals surface area contributed by atoms with Gasteiger partial charge in [-0.1, -0.05) is 6.07 Å². The van der Waals surface area contributed by atoms with E-state index in [-0.39, 0.29) is 37.7 Å². The van der Waals surface area contributed by atoms with Crippen LogP contribution in [0.15, 0.2) is 48.8 Å². The number of aromatic nitrogens is 6. The molecule has 4 rings (SSSR count). The van der Waals surface area contributed by atoms with Gasteiger partial charge in [0.05, 0.1) is 17.5 Å². The van der Waals surface area contributed by atoms with Crippen molar-refractivity contribution in [2.75, 3.05) is 0 Å². The van der Waals surface area contributed by atoms with Crippen LogP contribution in [0.5, 0.6) is 5.75 Å². The van der Waals surface area contributed by atoms with Crippen LogP contribution in [0.25, 0.3) is 22.8 Å². The Hall–Kier alpha value is -3.17. The molecule has 4 aromatic rings. The fourth-order valence-electron chi connectivity index (χ4n) is 2.75. The van der Waals surface area contributed by atoms with E-state index in [0.717, 1.165) is 28.4 Å². The summed E-state index contributed by atoms with van der Waals surface area (Å²) >= 11 is 0. The Labute approximate surface area is 208 Å². The van der Waals surface area contributed by atoms with Gasteiger partial charge in [-0.2, -0.15) is 13.2 Å². The molecule has 0 aliphatic carbocycles. The van der Waals surface area contributed by atoms with Crippen molar-refractivity contribution in [3.8, 4) is 28.5 Å². The summed E-state index contributed by atoms with van der Waals surface area (Å²) in [5.74, 6) is -0.536. The van der Waals surface area contributed by atoms with Crippen LogP contribution in [0.4, 0.5) is 13.2 Å². The molecule has 181 valence electrons. The largest absolute Gasteiger partial charge is 0.510 e. The van der Waals surface area contributed by atoms with Crippen LogP contribution in [-0.2, 0) is 26.3 Å². The third-order valence-electron chi connectivity index (χ3n) is 4.07. The van der Waals surface area contributed by atoms with Crippen LogP contribution < -0.4 is 9.84 Å². The third kappa shape index (κ3) is 7.43. The third-order valence-corrected chi connectivity index (χ3v) is 4.07. The molecule has 0 saturated heterocycles. The van der Waals surface area contributed by atoms with Gasteiger partial charge in [-0.15, -0.1) is 29.8 Å². The molecule has 7 nitrogen and oxygen atoms in total. The molecule has 1 aromatic carbocycles. The van der Waals surface area contributed by atoms with E-state index in [1.54, 1.807) is 18.3 Å². The van der Waals surface area contributed by atoms with Gasteiger partial charge in [0, 0.05) is 49.6 Å². The molecule has 3 aromatic heterocycles. The second kappa shape index (κ2) is 11.8. The van der Waals surface area contributed by atoms with Crippen LogP contribution in [0.2, 0.25) is 0 Å². The predicted octanol–water partition coefficient (Wildman–Crippen LogP) is 4.86. The van der Waals surface area contributed by atoms with Gasteiger partial charge in [0.1, 0.15) is 5.82 Å². The zero-order valence-electron chi connectivity index (χ0n) is 18.8. The Morgan fingerprint density at radius 3 is 2.41 bits per heavy atom. The van der Waals surface area contributed by atoms with E-state index in [4.69, 9.17) is 4.74 Å². The SMILES string of the molecule is Cc1cnc(-c2[c-]ccc(OC(C)C)c2)c(C)n1.FC(F)(F)c1n[n-]c(-c2ccccn2)n1.[Ir]. The fraction of sp³-hybridized carbons (Fsp3) is 0.261. The number of hydrogen-bond acceptors (Lipinski definition) is 6. The number of aryl methyl sites for hydroxylation is 2. The summed E-state index contributed by atoms with van der Waals surface area (Å²) in [7, 11) is 0. The Bertz CT molecular complexity index is 1200. The van der Waals surface area contributed by atoms with Crippen LogP contribution in [0.1, 0.15) is 31.1 Å². The average Bonchev–Trinajstić information content (AvgIpc) is 3.26. The Balaban J connectivity index is 0.000000237. The predicted molar refractivity (Wildman–Crippen MR) is 115 cm³/mol. The first-order valence-electron chi connectivity index (χ1n) is 9.98. The maximum atomic E-state index is 12.1. The number of hydrogen-bond donors (Lipinski definition) is 0. The molecule has 0 spiro atoms. The maximum Gasteiger partial charge on any atom is 0.429 e. The number of rotatable bonds is 4. The molecule has 0 aliphatic rings. The summed E-state index contributed by atoms with van der Waals surface area (Å²) in [6.45, 7) is 7.91. The number of pyridine rings is 1. The minimum Gasteiger partial charge on any atom is -0.510 e. The molecule has 11 heteroatoms. The molecule has 0 N–H and O–H groups in total. The van der Waals surface area contributed by atoms with Crippen molar-refractivity contribution in [1.82, 2.24) is 30.1 Å². The molecule has 0 saturated carbocycles. The van der Waals surface area contributed by atoms with E-state index in [1.807, 2.05) is 45.9 Å². The van der Waals surface area contributed by atoms with Crippen molar-refractivity contribution in [3.05, 3.63) is 72.1 Å². The van der Waals surface area contributed by atoms with Crippen molar-refractivity contribution in [2.24, 2.45) is 0 Å². The standard InChI is InChI=1S/C15H17N2O.C8H4F3N4.Ir/c1-10(2)18-14-7-5-6-13(8-14)15-12(4)17-11(3)9-16-15;9-8(10,11)7-13-6(14-15-7)5-3-1-2-4-12-5;/h5,7-10H,1-4H3;1-4H;/q2*-1;. The van der Waals surface area contributed by atoms with Crippen molar-refractivity contribution in [2.45, 2.75) is 40.0 Å². The molecule has 0 atom stereocenters. The zero-order valence-corrected chi connectivity index (χ0v) is 21.2. The Morgan fingerprint density at radius 2 is 1.82 bits per heavy atom. The van der Waals surface area contributed by atoms with E-state index >= 15 is 0 Å². The molecule has 0 unspecified atom stereocenters. The second-order valence-corrected chi connectivity index (χ2v) is 7.22. The van der Waals surface area contributed by atoms with E-state index in [9.17, 15) is 13.2 Å². The summed E-state index contributed by atoms with van der Waals surface area (Å²) in [5.41, 5.74) is 3.87.